The van der Waals surface area contributed by atoms with Crippen molar-refractivity contribution < 1.29 is 13.2 Å². The minimum atomic E-state index is -4.43. The van der Waals surface area contributed by atoms with Crippen LogP contribution in [0.4, 0.5) is 18.9 Å². The summed E-state index contributed by atoms with van der Waals surface area (Å²) in [5, 5.41) is 7.48. The second-order valence-electron chi connectivity index (χ2n) is 5.04. The second-order valence-corrected chi connectivity index (χ2v) is 5.04. The topological polar surface area (TPSA) is 53.1 Å². The highest BCUT2D eigenvalue weighted by atomic mass is 19.4. The molecule has 0 saturated heterocycles. The van der Waals surface area contributed by atoms with Gasteiger partial charge in [0.1, 0.15) is 5.84 Å². The number of benzene rings is 1. The summed E-state index contributed by atoms with van der Waals surface area (Å²) in [7, 11) is 1.79. The minimum absolute atomic E-state index is 0.116. The second kappa shape index (κ2) is 6.15. The summed E-state index contributed by atoms with van der Waals surface area (Å²) in [5.74, 6) is 0.0456. The van der Waals surface area contributed by atoms with Crippen LogP contribution in [-0.2, 0) is 6.18 Å². The molecule has 0 radical (unpaired) electrons. The van der Waals surface area contributed by atoms with Crippen LogP contribution in [0.25, 0.3) is 0 Å². The molecule has 0 fully saturated rings. The Morgan fingerprint density at radius 3 is 2.45 bits per heavy atom. The summed E-state index contributed by atoms with van der Waals surface area (Å²) < 4.78 is 38.1. The molecule has 0 saturated carbocycles. The molecule has 0 heterocycles. The number of halogens is 3. The van der Waals surface area contributed by atoms with Gasteiger partial charge in [0.15, 0.2) is 0 Å². The van der Waals surface area contributed by atoms with Crippen LogP contribution in [0.5, 0.6) is 0 Å². The molecule has 112 valence electrons. The molecule has 1 aromatic rings. The Hall–Kier alpha value is -1.72. The SMILES string of the molecule is CCC(C)CN(C)c1ccc(C(F)(F)F)cc1C(=N)N. The largest absolute Gasteiger partial charge is 0.416 e. The highest BCUT2D eigenvalue weighted by Crippen LogP contribution is 2.32. The van der Waals surface area contributed by atoms with Gasteiger partial charge in [0.25, 0.3) is 0 Å². The van der Waals surface area contributed by atoms with E-state index in [-0.39, 0.29) is 11.4 Å². The van der Waals surface area contributed by atoms with E-state index in [2.05, 4.69) is 13.8 Å². The van der Waals surface area contributed by atoms with Crippen LogP contribution < -0.4 is 10.6 Å². The van der Waals surface area contributed by atoms with Crippen molar-refractivity contribution in [2.75, 3.05) is 18.5 Å². The lowest BCUT2D eigenvalue weighted by Gasteiger charge is -2.25. The van der Waals surface area contributed by atoms with Crippen molar-refractivity contribution in [1.82, 2.24) is 0 Å². The van der Waals surface area contributed by atoms with Crippen LogP contribution in [0.1, 0.15) is 31.4 Å². The van der Waals surface area contributed by atoms with Crippen molar-refractivity contribution in [3.63, 3.8) is 0 Å². The molecule has 1 unspecified atom stereocenters. The first-order valence-electron chi connectivity index (χ1n) is 6.43. The van der Waals surface area contributed by atoms with Crippen molar-refractivity contribution in [1.29, 1.82) is 5.41 Å². The van der Waals surface area contributed by atoms with Gasteiger partial charge < -0.3 is 10.6 Å². The number of hydrogen-bond acceptors (Lipinski definition) is 2. The Balaban J connectivity index is 3.17. The molecular formula is C14H20F3N3. The van der Waals surface area contributed by atoms with Crippen molar-refractivity contribution >= 4 is 11.5 Å². The van der Waals surface area contributed by atoms with Gasteiger partial charge in [-0.25, -0.2) is 0 Å². The number of nitrogen functional groups attached to an aromatic ring is 1. The van der Waals surface area contributed by atoms with E-state index in [9.17, 15) is 13.2 Å². The first-order chi connectivity index (χ1) is 9.16. The molecule has 1 rings (SSSR count). The highest BCUT2D eigenvalue weighted by molar-refractivity contribution is 6.00. The van der Waals surface area contributed by atoms with E-state index in [0.29, 0.717) is 18.2 Å². The van der Waals surface area contributed by atoms with Gasteiger partial charge in [-0.05, 0) is 24.1 Å². The molecule has 0 spiro atoms. The molecule has 0 aromatic heterocycles. The number of rotatable bonds is 5. The Morgan fingerprint density at radius 2 is 2.00 bits per heavy atom. The highest BCUT2D eigenvalue weighted by Gasteiger charge is 2.31. The Bertz CT molecular complexity index is 483. The van der Waals surface area contributed by atoms with Crippen LogP contribution in [0.2, 0.25) is 0 Å². The van der Waals surface area contributed by atoms with Crippen LogP contribution in [-0.4, -0.2) is 19.4 Å². The third-order valence-electron chi connectivity index (χ3n) is 3.31. The van der Waals surface area contributed by atoms with Crippen molar-refractivity contribution in [2.24, 2.45) is 11.7 Å². The molecule has 3 N–H and O–H groups in total. The fourth-order valence-electron chi connectivity index (χ4n) is 1.96. The summed E-state index contributed by atoms with van der Waals surface area (Å²) in [6.45, 7) is 4.81. The van der Waals surface area contributed by atoms with Crippen LogP contribution in [0, 0.1) is 11.3 Å². The molecule has 0 bridgehead atoms. The quantitative estimate of drug-likeness (QED) is 0.643. The summed E-state index contributed by atoms with van der Waals surface area (Å²) in [4.78, 5) is 1.84. The van der Waals surface area contributed by atoms with E-state index in [1.165, 1.54) is 6.07 Å². The molecule has 3 nitrogen and oxygen atoms in total. The summed E-state index contributed by atoms with van der Waals surface area (Å²) in [5.41, 5.74) is 5.29. The van der Waals surface area contributed by atoms with Gasteiger partial charge in [0, 0.05) is 24.8 Å². The molecule has 20 heavy (non-hydrogen) atoms. The standard InChI is InChI=1S/C14H20F3N3/c1-4-9(2)8-20(3)12-6-5-10(14(15,16)17)7-11(12)13(18)19/h5-7,9H,4,8H2,1-3H3,(H3,18,19). The van der Waals surface area contributed by atoms with Crippen LogP contribution >= 0.6 is 0 Å². The fraction of sp³-hybridized carbons (Fsp3) is 0.500. The lowest BCUT2D eigenvalue weighted by atomic mass is 10.0. The van der Waals surface area contributed by atoms with Gasteiger partial charge in [0.2, 0.25) is 0 Å². The number of hydrogen-bond donors (Lipinski definition) is 2. The van der Waals surface area contributed by atoms with Crippen molar-refractivity contribution in [3.05, 3.63) is 29.3 Å². The number of nitrogens with two attached hydrogens (primary N) is 1. The average molecular weight is 287 g/mol. The van der Waals surface area contributed by atoms with Gasteiger partial charge in [0.05, 0.1) is 5.56 Å². The maximum absolute atomic E-state index is 12.7. The number of nitrogens with zero attached hydrogens (tertiary/aromatic N) is 1. The molecule has 0 amide bonds. The van der Waals surface area contributed by atoms with Crippen LogP contribution in [0.15, 0.2) is 18.2 Å². The van der Waals surface area contributed by atoms with Crippen LogP contribution in [0.3, 0.4) is 0 Å². The summed E-state index contributed by atoms with van der Waals surface area (Å²) >= 11 is 0. The zero-order chi connectivity index (χ0) is 15.5. The van der Waals surface area contributed by atoms with Gasteiger partial charge in [-0.2, -0.15) is 13.2 Å². The number of alkyl halides is 3. The predicted molar refractivity (Wildman–Crippen MR) is 75.2 cm³/mol. The Labute approximate surface area is 117 Å². The smallest absolute Gasteiger partial charge is 0.384 e. The molecule has 1 aromatic carbocycles. The molecule has 6 heteroatoms. The van der Waals surface area contributed by atoms with E-state index in [4.69, 9.17) is 11.1 Å². The van der Waals surface area contributed by atoms with Crippen molar-refractivity contribution in [3.8, 4) is 0 Å². The molecule has 0 aliphatic heterocycles. The third kappa shape index (κ3) is 3.88. The normalized spacial score (nSPS) is 13.1. The molecule has 0 aliphatic carbocycles. The fourth-order valence-corrected chi connectivity index (χ4v) is 1.96. The minimum Gasteiger partial charge on any atom is -0.384 e. The summed E-state index contributed by atoms with van der Waals surface area (Å²) in [6.07, 6.45) is -3.46. The van der Waals surface area contributed by atoms with Gasteiger partial charge in [-0.1, -0.05) is 20.3 Å². The van der Waals surface area contributed by atoms with Gasteiger partial charge >= 0.3 is 6.18 Å². The summed E-state index contributed by atoms with van der Waals surface area (Å²) in [6, 6.07) is 3.33. The average Bonchev–Trinajstić information content (AvgIpc) is 2.36. The van der Waals surface area contributed by atoms with Gasteiger partial charge in [-0.3, -0.25) is 5.41 Å². The Kier molecular flexibility index (Phi) is 5.03. The monoisotopic (exact) mass is 287 g/mol. The predicted octanol–water partition coefficient (Wildman–Crippen LogP) is 3.47. The van der Waals surface area contributed by atoms with Gasteiger partial charge in [-0.15, -0.1) is 0 Å². The molecular weight excluding hydrogens is 267 g/mol. The van der Waals surface area contributed by atoms with E-state index in [0.717, 1.165) is 18.6 Å². The van der Waals surface area contributed by atoms with E-state index in [1.807, 2.05) is 4.90 Å². The van der Waals surface area contributed by atoms with E-state index in [1.54, 1.807) is 7.05 Å². The van der Waals surface area contributed by atoms with E-state index >= 15 is 0 Å². The zero-order valence-electron chi connectivity index (χ0n) is 11.9. The number of anilines is 1. The zero-order valence-corrected chi connectivity index (χ0v) is 11.9. The maximum atomic E-state index is 12.7. The molecule has 0 aliphatic rings. The lowest BCUT2D eigenvalue weighted by molar-refractivity contribution is -0.137. The lowest BCUT2D eigenvalue weighted by Crippen LogP contribution is -2.27. The first-order valence-corrected chi connectivity index (χ1v) is 6.43. The molecule has 1 atom stereocenters. The first kappa shape index (κ1) is 16.3. The number of amidine groups is 1. The van der Waals surface area contributed by atoms with E-state index < -0.39 is 11.7 Å². The Morgan fingerprint density at radius 1 is 1.40 bits per heavy atom. The third-order valence-corrected chi connectivity index (χ3v) is 3.31. The maximum Gasteiger partial charge on any atom is 0.416 e. The number of nitrogens with one attached hydrogen (secondary N) is 1. The van der Waals surface area contributed by atoms with Crippen molar-refractivity contribution in [2.45, 2.75) is 26.4 Å².